The minimum atomic E-state index is 0. The molecule has 5 nitrogen and oxygen atoms in total. The predicted molar refractivity (Wildman–Crippen MR) is 115 cm³/mol. The van der Waals surface area contributed by atoms with Crippen LogP contribution in [0.1, 0.15) is 11.1 Å². The molecule has 0 aliphatic rings. The lowest BCUT2D eigenvalue weighted by Gasteiger charge is -2.11. The number of benzene rings is 1. The summed E-state index contributed by atoms with van der Waals surface area (Å²) < 4.78 is 0. The van der Waals surface area contributed by atoms with Crippen LogP contribution in [0.4, 0.5) is 0 Å². The van der Waals surface area contributed by atoms with Crippen LogP contribution in [0.5, 0.6) is 0 Å². The summed E-state index contributed by atoms with van der Waals surface area (Å²) in [6.07, 6.45) is 4.75. The number of halogens is 2. The van der Waals surface area contributed by atoms with Crippen LogP contribution in [0.25, 0.3) is 10.9 Å². The van der Waals surface area contributed by atoms with E-state index in [1.54, 1.807) is 19.3 Å². The topological polar surface area (TPSA) is 65.1 Å². The SMILES string of the molecule is CN=C(NCCc1c[nH]c2ccccc12)NCc1ccc(Cl)nc1.I. The van der Waals surface area contributed by atoms with Crippen LogP contribution >= 0.6 is 35.6 Å². The molecule has 3 aromatic rings. The van der Waals surface area contributed by atoms with Crippen molar-refractivity contribution in [3.05, 3.63) is 65.1 Å². The van der Waals surface area contributed by atoms with Crippen molar-refractivity contribution in [1.29, 1.82) is 0 Å². The van der Waals surface area contributed by atoms with Crippen LogP contribution in [-0.2, 0) is 13.0 Å². The van der Waals surface area contributed by atoms with E-state index in [0.29, 0.717) is 11.7 Å². The van der Waals surface area contributed by atoms with Gasteiger partial charge in [0.25, 0.3) is 0 Å². The van der Waals surface area contributed by atoms with Gasteiger partial charge >= 0.3 is 0 Å². The maximum atomic E-state index is 5.79. The summed E-state index contributed by atoms with van der Waals surface area (Å²) in [6.45, 7) is 1.46. The zero-order valence-corrected chi connectivity index (χ0v) is 17.0. The minimum Gasteiger partial charge on any atom is -0.361 e. The molecule has 2 aromatic heterocycles. The quantitative estimate of drug-likeness (QED) is 0.231. The number of nitrogens with one attached hydrogen (secondary N) is 3. The normalized spacial score (nSPS) is 11.2. The molecule has 2 heterocycles. The van der Waals surface area contributed by atoms with Crippen molar-refractivity contribution in [2.75, 3.05) is 13.6 Å². The number of aromatic nitrogens is 2. The molecule has 3 N–H and O–H groups in total. The van der Waals surface area contributed by atoms with Crippen molar-refractivity contribution in [3.8, 4) is 0 Å². The number of pyridine rings is 1. The van der Waals surface area contributed by atoms with Crippen LogP contribution in [0.15, 0.2) is 53.8 Å². The van der Waals surface area contributed by atoms with Crippen LogP contribution in [0.3, 0.4) is 0 Å². The van der Waals surface area contributed by atoms with Crippen LogP contribution < -0.4 is 10.6 Å². The number of rotatable bonds is 5. The third kappa shape index (κ3) is 5.34. The first-order valence-electron chi connectivity index (χ1n) is 7.86. The second kappa shape index (κ2) is 9.62. The number of hydrogen-bond donors (Lipinski definition) is 3. The molecule has 0 radical (unpaired) electrons. The van der Waals surface area contributed by atoms with Gasteiger partial charge in [-0.3, -0.25) is 4.99 Å². The van der Waals surface area contributed by atoms with Crippen molar-refractivity contribution in [2.24, 2.45) is 4.99 Å². The Morgan fingerprint density at radius 1 is 1.20 bits per heavy atom. The smallest absolute Gasteiger partial charge is 0.191 e. The standard InChI is InChI=1S/C18H20ClN5.HI/c1-20-18(24-11-13-6-7-17(19)23-10-13)21-9-8-14-12-22-16-5-3-2-4-15(14)16;/h2-7,10,12,22H,8-9,11H2,1H3,(H2,20,21,24);1H. The van der Waals surface area contributed by atoms with E-state index < -0.39 is 0 Å². The molecule has 0 atom stereocenters. The average molecular weight is 470 g/mol. The molecule has 0 saturated heterocycles. The van der Waals surface area contributed by atoms with Gasteiger partial charge in [0.2, 0.25) is 0 Å². The number of nitrogens with zero attached hydrogens (tertiary/aromatic N) is 2. The minimum absolute atomic E-state index is 0. The third-order valence-electron chi connectivity index (χ3n) is 3.83. The van der Waals surface area contributed by atoms with Crippen LogP contribution in [0.2, 0.25) is 5.15 Å². The summed E-state index contributed by atoms with van der Waals surface area (Å²) in [7, 11) is 1.77. The maximum Gasteiger partial charge on any atom is 0.191 e. The van der Waals surface area contributed by atoms with E-state index in [2.05, 4.69) is 50.0 Å². The Morgan fingerprint density at radius 2 is 2.04 bits per heavy atom. The van der Waals surface area contributed by atoms with Gasteiger partial charge in [-0.2, -0.15) is 0 Å². The predicted octanol–water partition coefficient (Wildman–Crippen LogP) is 3.74. The molecule has 7 heteroatoms. The summed E-state index contributed by atoms with van der Waals surface area (Å²) >= 11 is 5.79. The van der Waals surface area contributed by atoms with E-state index in [9.17, 15) is 0 Å². The molecule has 132 valence electrons. The number of hydrogen-bond acceptors (Lipinski definition) is 2. The molecule has 1 aromatic carbocycles. The Bertz CT molecular complexity index is 829. The molecule has 0 amide bonds. The van der Waals surface area contributed by atoms with Gasteiger partial charge in [-0.1, -0.05) is 35.9 Å². The van der Waals surface area contributed by atoms with Gasteiger partial charge in [0.1, 0.15) is 5.15 Å². The highest BCUT2D eigenvalue weighted by molar-refractivity contribution is 14.0. The molecule has 0 aliphatic heterocycles. The Balaban J connectivity index is 0.00000225. The second-order valence-electron chi connectivity index (χ2n) is 5.45. The largest absolute Gasteiger partial charge is 0.361 e. The maximum absolute atomic E-state index is 5.79. The van der Waals surface area contributed by atoms with Crippen LogP contribution in [-0.4, -0.2) is 29.5 Å². The van der Waals surface area contributed by atoms with Gasteiger partial charge in [0, 0.05) is 43.4 Å². The fraction of sp³-hybridized carbons (Fsp3) is 0.222. The second-order valence-corrected chi connectivity index (χ2v) is 5.84. The molecule has 0 aliphatic carbocycles. The average Bonchev–Trinajstić information content (AvgIpc) is 3.02. The van der Waals surface area contributed by atoms with Gasteiger partial charge in [-0.15, -0.1) is 24.0 Å². The van der Waals surface area contributed by atoms with Crippen molar-refractivity contribution in [2.45, 2.75) is 13.0 Å². The fourth-order valence-corrected chi connectivity index (χ4v) is 2.68. The number of aromatic amines is 1. The van der Waals surface area contributed by atoms with E-state index in [1.807, 2.05) is 12.1 Å². The molecule has 0 fully saturated rings. The third-order valence-corrected chi connectivity index (χ3v) is 4.06. The zero-order valence-electron chi connectivity index (χ0n) is 13.9. The number of aliphatic imine (C=N–C) groups is 1. The summed E-state index contributed by atoms with van der Waals surface area (Å²) in [4.78, 5) is 11.6. The zero-order chi connectivity index (χ0) is 16.8. The first-order chi connectivity index (χ1) is 11.8. The lowest BCUT2D eigenvalue weighted by molar-refractivity contribution is 0.795. The van der Waals surface area contributed by atoms with Crippen molar-refractivity contribution in [1.82, 2.24) is 20.6 Å². The monoisotopic (exact) mass is 469 g/mol. The highest BCUT2D eigenvalue weighted by Gasteiger charge is 2.03. The van der Waals surface area contributed by atoms with Crippen molar-refractivity contribution >= 4 is 52.4 Å². The molecule has 25 heavy (non-hydrogen) atoms. The van der Waals surface area contributed by atoms with Crippen LogP contribution in [0, 0.1) is 0 Å². The molecule has 3 rings (SSSR count). The lowest BCUT2D eigenvalue weighted by Crippen LogP contribution is -2.37. The highest BCUT2D eigenvalue weighted by atomic mass is 127. The summed E-state index contributed by atoms with van der Waals surface area (Å²) in [6, 6.07) is 12.1. The first-order valence-corrected chi connectivity index (χ1v) is 8.24. The number of fused-ring (bicyclic) bond motifs is 1. The number of H-pyrrole nitrogens is 1. The Morgan fingerprint density at radius 3 is 2.80 bits per heavy atom. The van der Waals surface area contributed by atoms with E-state index in [-0.39, 0.29) is 24.0 Å². The van der Waals surface area contributed by atoms with Crippen molar-refractivity contribution < 1.29 is 0 Å². The van der Waals surface area contributed by atoms with Crippen molar-refractivity contribution in [3.63, 3.8) is 0 Å². The lowest BCUT2D eigenvalue weighted by atomic mass is 10.1. The summed E-state index contributed by atoms with van der Waals surface area (Å²) in [5.74, 6) is 0.768. The first kappa shape index (κ1) is 19.5. The molecule has 0 spiro atoms. The van der Waals surface area contributed by atoms with E-state index in [0.717, 1.165) is 24.5 Å². The molecular weight excluding hydrogens is 449 g/mol. The molecule has 0 saturated carbocycles. The fourth-order valence-electron chi connectivity index (χ4n) is 2.57. The van der Waals surface area contributed by atoms with Gasteiger partial charge in [-0.25, -0.2) is 4.98 Å². The van der Waals surface area contributed by atoms with Gasteiger partial charge < -0.3 is 15.6 Å². The van der Waals surface area contributed by atoms with E-state index >= 15 is 0 Å². The number of guanidine groups is 1. The van der Waals surface area contributed by atoms with Gasteiger partial charge in [0.15, 0.2) is 5.96 Å². The molecular formula is C18H21ClIN5. The Kier molecular flexibility index (Phi) is 7.52. The number of para-hydroxylation sites is 1. The Labute approximate surface area is 169 Å². The van der Waals surface area contributed by atoms with E-state index in [4.69, 9.17) is 11.6 Å². The molecule has 0 bridgehead atoms. The van der Waals surface area contributed by atoms with Gasteiger partial charge in [-0.05, 0) is 29.7 Å². The van der Waals surface area contributed by atoms with Gasteiger partial charge in [0.05, 0.1) is 0 Å². The Hall–Kier alpha value is -1.80. The summed E-state index contributed by atoms with van der Waals surface area (Å²) in [5.41, 5.74) is 3.53. The highest BCUT2D eigenvalue weighted by Crippen LogP contribution is 2.17. The summed E-state index contributed by atoms with van der Waals surface area (Å²) in [5, 5.41) is 8.38. The molecule has 0 unspecified atom stereocenters. The van der Waals surface area contributed by atoms with E-state index in [1.165, 1.54) is 16.5 Å².